The maximum atomic E-state index is 12.3. The Kier molecular flexibility index (Phi) is 3.30. The Morgan fingerprint density at radius 2 is 2.19 bits per heavy atom. The van der Waals surface area contributed by atoms with E-state index in [1.54, 1.807) is 22.8 Å². The molecule has 0 bridgehead atoms. The zero-order valence-electron chi connectivity index (χ0n) is 10.7. The van der Waals surface area contributed by atoms with Crippen LogP contribution in [0.1, 0.15) is 15.9 Å². The van der Waals surface area contributed by atoms with E-state index >= 15 is 0 Å². The minimum Gasteiger partial charge on any atom is -0.321 e. The SMILES string of the molecule is N#Cc1ccc(NC(=O)c2cnn3ccccc23)c(Cl)c1. The third-order valence-electron chi connectivity index (χ3n) is 3.02. The van der Waals surface area contributed by atoms with Gasteiger partial charge >= 0.3 is 0 Å². The molecule has 3 rings (SSSR count). The lowest BCUT2D eigenvalue weighted by Crippen LogP contribution is -2.12. The number of nitriles is 1. The third kappa shape index (κ3) is 2.45. The second-order valence-electron chi connectivity index (χ2n) is 4.35. The first-order valence-electron chi connectivity index (χ1n) is 6.12. The van der Waals surface area contributed by atoms with Crippen LogP contribution in [-0.2, 0) is 0 Å². The van der Waals surface area contributed by atoms with Crippen molar-refractivity contribution in [2.45, 2.75) is 0 Å². The molecule has 102 valence electrons. The predicted molar refractivity (Wildman–Crippen MR) is 79.3 cm³/mol. The Bertz CT molecular complexity index is 879. The Morgan fingerprint density at radius 1 is 1.33 bits per heavy atom. The molecule has 0 radical (unpaired) electrons. The molecule has 0 spiro atoms. The first-order valence-corrected chi connectivity index (χ1v) is 6.50. The Morgan fingerprint density at radius 3 is 2.95 bits per heavy atom. The summed E-state index contributed by atoms with van der Waals surface area (Å²) in [6.45, 7) is 0. The summed E-state index contributed by atoms with van der Waals surface area (Å²) in [6.07, 6.45) is 3.27. The number of nitrogens with one attached hydrogen (secondary N) is 1. The number of nitrogens with zero attached hydrogens (tertiary/aromatic N) is 3. The standard InChI is InChI=1S/C15H9ClN4O/c16-12-7-10(8-17)4-5-13(12)19-15(21)11-9-18-20-6-2-1-3-14(11)20/h1-7,9H,(H,19,21). The van der Waals surface area contributed by atoms with E-state index in [1.807, 2.05) is 24.3 Å². The highest BCUT2D eigenvalue weighted by atomic mass is 35.5. The molecular formula is C15H9ClN4O. The highest BCUT2D eigenvalue weighted by molar-refractivity contribution is 6.34. The summed E-state index contributed by atoms with van der Waals surface area (Å²) in [7, 11) is 0. The third-order valence-corrected chi connectivity index (χ3v) is 3.33. The topological polar surface area (TPSA) is 70.2 Å². The van der Waals surface area contributed by atoms with E-state index in [2.05, 4.69) is 10.4 Å². The van der Waals surface area contributed by atoms with Crippen molar-refractivity contribution in [3.8, 4) is 6.07 Å². The average molecular weight is 297 g/mol. The average Bonchev–Trinajstić information content (AvgIpc) is 2.93. The molecule has 6 heteroatoms. The van der Waals surface area contributed by atoms with E-state index in [0.29, 0.717) is 27.4 Å². The lowest BCUT2D eigenvalue weighted by molar-refractivity contribution is 0.102. The van der Waals surface area contributed by atoms with Gasteiger partial charge < -0.3 is 5.32 Å². The van der Waals surface area contributed by atoms with Gasteiger partial charge in [-0.05, 0) is 30.3 Å². The van der Waals surface area contributed by atoms with E-state index in [1.165, 1.54) is 12.3 Å². The number of benzene rings is 1. The Labute approximate surface area is 125 Å². The molecule has 2 heterocycles. The molecule has 0 unspecified atom stereocenters. The van der Waals surface area contributed by atoms with Crippen LogP contribution >= 0.6 is 11.6 Å². The van der Waals surface area contributed by atoms with Crippen LogP contribution in [0.25, 0.3) is 5.52 Å². The Balaban J connectivity index is 1.92. The van der Waals surface area contributed by atoms with Gasteiger partial charge in [0.1, 0.15) is 0 Å². The zero-order chi connectivity index (χ0) is 14.8. The molecule has 1 aromatic carbocycles. The van der Waals surface area contributed by atoms with Crippen molar-refractivity contribution < 1.29 is 4.79 Å². The molecule has 0 saturated carbocycles. The van der Waals surface area contributed by atoms with Crippen LogP contribution in [0.15, 0.2) is 48.8 Å². The number of hydrogen-bond donors (Lipinski definition) is 1. The van der Waals surface area contributed by atoms with Gasteiger partial charge in [0.25, 0.3) is 5.91 Å². The zero-order valence-corrected chi connectivity index (χ0v) is 11.5. The normalized spacial score (nSPS) is 10.3. The van der Waals surface area contributed by atoms with E-state index < -0.39 is 0 Å². The van der Waals surface area contributed by atoms with Crippen molar-refractivity contribution in [1.82, 2.24) is 9.61 Å². The molecule has 1 N–H and O–H groups in total. The number of pyridine rings is 1. The van der Waals surface area contributed by atoms with E-state index in [9.17, 15) is 4.79 Å². The second kappa shape index (κ2) is 5.27. The van der Waals surface area contributed by atoms with E-state index in [0.717, 1.165) is 0 Å². The van der Waals surface area contributed by atoms with E-state index in [4.69, 9.17) is 16.9 Å². The summed E-state index contributed by atoms with van der Waals surface area (Å²) in [5, 5.41) is 15.9. The summed E-state index contributed by atoms with van der Waals surface area (Å²) in [6, 6.07) is 12.2. The fourth-order valence-electron chi connectivity index (χ4n) is 1.99. The summed E-state index contributed by atoms with van der Waals surface area (Å²) < 4.78 is 1.62. The van der Waals surface area contributed by atoms with Crippen molar-refractivity contribution in [1.29, 1.82) is 5.26 Å². The van der Waals surface area contributed by atoms with Crippen molar-refractivity contribution in [2.75, 3.05) is 5.32 Å². The molecule has 0 aliphatic rings. The van der Waals surface area contributed by atoms with Gasteiger partial charge in [-0.15, -0.1) is 0 Å². The minimum absolute atomic E-state index is 0.303. The van der Waals surface area contributed by atoms with Gasteiger partial charge in [-0.25, -0.2) is 4.52 Å². The van der Waals surface area contributed by atoms with Gasteiger partial charge in [0.05, 0.1) is 39.6 Å². The summed E-state index contributed by atoms with van der Waals surface area (Å²) >= 11 is 6.05. The van der Waals surface area contributed by atoms with Gasteiger partial charge in [-0.3, -0.25) is 4.79 Å². The molecule has 0 aliphatic carbocycles. The predicted octanol–water partition coefficient (Wildman–Crippen LogP) is 3.11. The first-order chi connectivity index (χ1) is 10.2. The molecule has 0 fully saturated rings. The van der Waals surface area contributed by atoms with Gasteiger partial charge in [-0.2, -0.15) is 10.4 Å². The molecule has 21 heavy (non-hydrogen) atoms. The first kappa shape index (κ1) is 13.2. The maximum Gasteiger partial charge on any atom is 0.259 e. The van der Waals surface area contributed by atoms with Crippen molar-refractivity contribution >= 4 is 28.7 Å². The highest BCUT2D eigenvalue weighted by Crippen LogP contribution is 2.24. The minimum atomic E-state index is -0.303. The molecular weight excluding hydrogens is 288 g/mol. The molecule has 5 nitrogen and oxygen atoms in total. The van der Waals surface area contributed by atoms with Gasteiger partial charge in [0.2, 0.25) is 0 Å². The van der Waals surface area contributed by atoms with Crippen LogP contribution in [0.2, 0.25) is 5.02 Å². The number of halogens is 1. The van der Waals surface area contributed by atoms with Gasteiger partial charge in [-0.1, -0.05) is 17.7 Å². The van der Waals surface area contributed by atoms with Crippen molar-refractivity contribution in [3.63, 3.8) is 0 Å². The largest absolute Gasteiger partial charge is 0.321 e. The quantitative estimate of drug-likeness (QED) is 0.790. The molecule has 2 aromatic heterocycles. The number of hydrogen-bond acceptors (Lipinski definition) is 3. The molecule has 0 saturated heterocycles. The monoisotopic (exact) mass is 296 g/mol. The van der Waals surface area contributed by atoms with Crippen LogP contribution in [-0.4, -0.2) is 15.5 Å². The lowest BCUT2D eigenvalue weighted by Gasteiger charge is -2.06. The fraction of sp³-hybridized carbons (Fsp3) is 0. The number of aromatic nitrogens is 2. The van der Waals surface area contributed by atoms with Crippen LogP contribution in [0, 0.1) is 11.3 Å². The number of carbonyl (C=O) groups is 1. The van der Waals surface area contributed by atoms with Crippen LogP contribution in [0.5, 0.6) is 0 Å². The van der Waals surface area contributed by atoms with Gasteiger partial charge in [0.15, 0.2) is 0 Å². The number of amides is 1. The smallest absolute Gasteiger partial charge is 0.259 e. The molecule has 3 aromatic rings. The van der Waals surface area contributed by atoms with Crippen LogP contribution < -0.4 is 5.32 Å². The summed E-state index contributed by atoms with van der Waals surface area (Å²) in [5.74, 6) is -0.303. The fourth-order valence-corrected chi connectivity index (χ4v) is 2.21. The number of anilines is 1. The molecule has 0 aliphatic heterocycles. The second-order valence-corrected chi connectivity index (χ2v) is 4.76. The summed E-state index contributed by atoms with van der Waals surface area (Å²) in [4.78, 5) is 12.3. The van der Waals surface area contributed by atoms with Crippen molar-refractivity contribution in [3.05, 3.63) is 64.9 Å². The van der Waals surface area contributed by atoms with E-state index in [-0.39, 0.29) is 5.91 Å². The van der Waals surface area contributed by atoms with Crippen LogP contribution in [0.4, 0.5) is 5.69 Å². The number of fused-ring (bicyclic) bond motifs is 1. The lowest BCUT2D eigenvalue weighted by atomic mass is 10.2. The molecule has 0 atom stereocenters. The highest BCUT2D eigenvalue weighted by Gasteiger charge is 2.13. The molecule has 1 amide bonds. The van der Waals surface area contributed by atoms with Gasteiger partial charge in [0, 0.05) is 6.20 Å². The number of carbonyl (C=O) groups excluding carboxylic acids is 1. The number of rotatable bonds is 2. The Hall–Kier alpha value is -2.84. The maximum absolute atomic E-state index is 12.3. The summed E-state index contributed by atoms with van der Waals surface area (Å²) in [5.41, 5.74) is 2.06. The van der Waals surface area contributed by atoms with Crippen molar-refractivity contribution in [2.24, 2.45) is 0 Å². The van der Waals surface area contributed by atoms with Crippen LogP contribution in [0.3, 0.4) is 0 Å².